The first-order chi connectivity index (χ1) is 13.8. The van der Waals surface area contributed by atoms with Gasteiger partial charge in [0.15, 0.2) is 0 Å². The van der Waals surface area contributed by atoms with Crippen LogP contribution in [-0.4, -0.2) is 27.6 Å². The van der Waals surface area contributed by atoms with E-state index in [1.807, 2.05) is 30.3 Å². The van der Waals surface area contributed by atoms with Gasteiger partial charge >= 0.3 is 6.18 Å². The number of rotatable bonds is 5. The second kappa shape index (κ2) is 8.79. The van der Waals surface area contributed by atoms with Crippen molar-refractivity contribution in [1.29, 1.82) is 0 Å². The Morgan fingerprint density at radius 2 is 1.76 bits per heavy atom. The first-order valence-corrected chi connectivity index (χ1v) is 9.74. The Hall–Kier alpha value is -2.65. The number of amides is 2. The lowest BCUT2D eigenvalue weighted by molar-refractivity contribution is -0.137. The van der Waals surface area contributed by atoms with Gasteiger partial charge in [0.25, 0.3) is 5.91 Å². The first-order valence-electron chi connectivity index (χ1n) is 8.52. The number of halogens is 3. The molecule has 0 aliphatic carbocycles. The lowest BCUT2D eigenvalue weighted by atomic mass is 10.1. The molecule has 1 heterocycles. The number of carbonyl (C=O) groups is 2. The topological polar surface area (TPSA) is 49.4 Å². The summed E-state index contributed by atoms with van der Waals surface area (Å²) >= 11 is 6.34. The van der Waals surface area contributed by atoms with Crippen LogP contribution in [0.4, 0.5) is 18.9 Å². The van der Waals surface area contributed by atoms with Crippen molar-refractivity contribution in [1.82, 2.24) is 4.90 Å². The van der Waals surface area contributed by atoms with Crippen LogP contribution >= 0.6 is 24.0 Å². The highest BCUT2D eigenvalue weighted by atomic mass is 32.2. The molecule has 29 heavy (non-hydrogen) atoms. The molecule has 1 N–H and O–H groups in total. The molecule has 4 nitrogen and oxygen atoms in total. The molecular formula is C20H15F3N2O2S2. The van der Waals surface area contributed by atoms with Crippen LogP contribution in [0.2, 0.25) is 0 Å². The van der Waals surface area contributed by atoms with Crippen molar-refractivity contribution in [2.24, 2.45) is 0 Å². The molecule has 2 amide bonds. The molecule has 3 rings (SSSR count). The number of hydrogen-bond donors (Lipinski definition) is 1. The lowest BCUT2D eigenvalue weighted by Crippen LogP contribution is -2.31. The number of nitrogens with one attached hydrogen (secondary N) is 1. The minimum Gasteiger partial charge on any atom is -0.325 e. The van der Waals surface area contributed by atoms with E-state index in [-0.39, 0.29) is 24.6 Å². The fraction of sp³-hybridized carbons (Fsp3) is 0.150. The Morgan fingerprint density at radius 3 is 2.45 bits per heavy atom. The van der Waals surface area contributed by atoms with Gasteiger partial charge in [-0.25, -0.2) is 0 Å². The van der Waals surface area contributed by atoms with Crippen LogP contribution in [0.25, 0.3) is 6.08 Å². The lowest BCUT2D eigenvalue weighted by Gasteiger charge is -2.16. The Morgan fingerprint density at radius 1 is 1.10 bits per heavy atom. The molecule has 1 saturated heterocycles. The van der Waals surface area contributed by atoms with E-state index in [4.69, 9.17) is 12.2 Å². The highest BCUT2D eigenvalue weighted by molar-refractivity contribution is 8.26. The number of para-hydroxylation sites is 1. The Bertz CT molecular complexity index is 975. The highest BCUT2D eigenvalue weighted by Gasteiger charge is 2.34. The predicted octanol–water partition coefficient (Wildman–Crippen LogP) is 4.94. The maximum atomic E-state index is 13.0. The predicted molar refractivity (Wildman–Crippen MR) is 111 cm³/mol. The molecule has 1 fully saturated rings. The molecule has 150 valence electrons. The highest BCUT2D eigenvalue weighted by Crippen LogP contribution is 2.35. The van der Waals surface area contributed by atoms with Crippen molar-refractivity contribution in [2.75, 3.05) is 11.9 Å². The maximum Gasteiger partial charge on any atom is 0.418 e. The summed E-state index contributed by atoms with van der Waals surface area (Å²) in [5.74, 6) is -0.963. The quantitative estimate of drug-likeness (QED) is 0.533. The summed E-state index contributed by atoms with van der Waals surface area (Å²) in [6.07, 6.45) is -3.06. The van der Waals surface area contributed by atoms with Gasteiger partial charge in [-0.3, -0.25) is 14.5 Å². The van der Waals surface area contributed by atoms with Gasteiger partial charge in [0.2, 0.25) is 5.91 Å². The fourth-order valence-corrected chi connectivity index (χ4v) is 3.97. The molecule has 9 heteroatoms. The number of thioether (sulfide) groups is 1. The van der Waals surface area contributed by atoms with E-state index in [2.05, 4.69) is 5.32 Å². The molecule has 1 aliphatic heterocycles. The molecule has 0 bridgehead atoms. The molecule has 0 spiro atoms. The molecule has 1 aliphatic rings. The third-order valence-corrected chi connectivity index (χ3v) is 5.42. The van der Waals surface area contributed by atoms with E-state index in [1.54, 1.807) is 6.08 Å². The summed E-state index contributed by atoms with van der Waals surface area (Å²) < 4.78 is 39.4. The van der Waals surface area contributed by atoms with Gasteiger partial charge in [0.1, 0.15) is 4.32 Å². The number of thiocarbonyl (C=S) groups is 1. The van der Waals surface area contributed by atoms with Gasteiger partial charge < -0.3 is 5.32 Å². The number of anilines is 1. The van der Waals surface area contributed by atoms with Crippen LogP contribution in [0.1, 0.15) is 17.5 Å². The standard InChI is InChI=1S/C20H15F3N2O2S2/c21-20(22,23)14-8-4-5-9-15(14)24-17(26)10-11-25-18(27)16(29-19(25)28)12-13-6-2-1-3-7-13/h1-9,12H,10-11H2,(H,24,26)/b16-12-. The van der Waals surface area contributed by atoms with Gasteiger partial charge in [-0.05, 0) is 23.8 Å². The second-order valence-corrected chi connectivity index (χ2v) is 7.76. The van der Waals surface area contributed by atoms with Gasteiger partial charge in [-0.15, -0.1) is 0 Å². The summed E-state index contributed by atoms with van der Waals surface area (Å²) in [4.78, 5) is 26.4. The van der Waals surface area contributed by atoms with Crippen LogP contribution < -0.4 is 5.32 Å². The average Bonchev–Trinajstić information content (AvgIpc) is 2.93. The number of nitrogens with zero attached hydrogens (tertiary/aromatic N) is 1. The normalized spacial score (nSPS) is 15.8. The smallest absolute Gasteiger partial charge is 0.325 e. The monoisotopic (exact) mass is 436 g/mol. The molecular weight excluding hydrogens is 421 g/mol. The third kappa shape index (κ3) is 5.24. The zero-order chi connectivity index (χ0) is 21.0. The summed E-state index contributed by atoms with van der Waals surface area (Å²) in [6, 6.07) is 14.0. The van der Waals surface area contributed by atoms with Gasteiger partial charge in [-0.1, -0.05) is 66.4 Å². The molecule has 0 atom stereocenters. The Labute approximate surface area is 174 Å². The second-order valence-electron chi connectivity index (χ2n) is 6.09. The summed E-state index contributed by atoms with van der Waals surface area (Å²) in [7, 11) is 0. The summed E-state index contributed by atoms with van der Waals surface area (Å²) in [6.45, 7) is -0.0170. The summed E-state index contributed by atoms with van der Waals surface area (Å²) in [5.41, 5.74) is -0.404. The number of hydrogen-bond acceptors (Lipinski definition) is 4. The molecule has 0 saturated carbocycles. The first kappa shape index (κ1) is 21.1. The number of carbonyl (C=O) groups excluding carboxylic acids is 2. The summed E-state index contributed by atoms with van der Waals surface area (Å²) in [5, 5.41) is 2.26. The molecule has 2 aromatic carbocycles. The van der Waals surface area contributed by atoms with Crippen molar-refractivity contribution < 1.29 is 22.8 Å². The number of benzene rings is 2. The largest absolute Gasteiger partial charge is 0.418 e. The van der Waals surface area contributed by atoms with E-state index in [0.717, 1.165) is 23.4 Å². The zero-order valence-corrected chi connectivity index (χ0v) is 16.5. The molecule has 0 unspecified atom stereocenters. The molecule has 2 aromatic rings. The van der Waals surface area contributed by atoms with E-state index >= 15 is 0 Å². The average molecular weight is 436 g/mol. The van der Waals surface area contributed by atoms with Crippen molar-refractivity contribution in [3.05, 3.63) is 70.6 Å². The van der Waals surface area contributed by atoms with E-state index in [1.165, 1.54) is 23.1 Å². The van der Waals surface area contributed by atoms with Gasteiger partial charge in [-0.2, -0.15) is 13.2 Å². The van der Waals surface area contributed by atoms with Crippen molar-refractivity contribution in [3.8, 4) is 0 Å². The van der Waals surface area contributed by atoms with Crippen LogP contribution in [0.3, 0.4) is 0 Å². The van der Waals surface area contributed by atoms with E-state index < -0.39 is 17.6 Å². The van der Waals surface area contributed by atoms with Crippen LogP contribution in [0.5, 0.6) is 0 Å². The van der Waals surface area contributed by atoms with Crippen molar-refractivity contribution in [2.45, 2.75) is 12.6 Å². The van der Waals surface area contributed by atoms with Crippen molar-refractivity contribution >= 4 is 51.9 Å². The van der Waals surface area contributed by atoms with E-state index in [9.17, 15) is 22.8 Å². The molecule has 0 aromatic heterocycles. The van der Waals surface area contributed by atoms with Gasteiger partial charge in [0.05, 0.1) is 16.2 Å². The van der Waals surface area contributed by atoms with Crippen LogP contribution in [-0.2, 0) is 15.8 Å². The zero-order valence-electron chi connectivity index (χ0n) is 14.9. The third-order valence-electron chi connectivity index (χ3n) is 4.04. The Kier molecular flexibility index (Phi) is 6.39. The van der Waals surface area contributed by atoms with Gasteiger partial charge in [0, 0.05) is 13.0 Å². The van der Waals surface area contributed by atoms with Crippen LogP contribution in [0.15, 0.2) is 59.5 Å². The maximum absolute atomic E-state index is 13.0. The minimum atomic E-state index is -4.58. The van der Waals surface area contributed by atoms with Crippen molar-refractivity contribution in [3.63, 3.8) is 0 Å². The SMILES string of the molecule is O=C(CCN1C(=O)/C(=C/c2ccccc2)SC1=S)Nc1ccccc1C(F)(F)F. The minimum absolute atomic E-state index is 0.0170. The van der Waals surface area contributed by atoms with E-state index in [0.29, 0.717) is 9.23 Å². The molecule has 0 radical (unpaired) electrons. The Balaban J connectivity index is 1.63. The van der Waals surface area contributed by atoms with Crippen LogP contribution in [0, 0.1) is 0 Å². The number of alkyl halides is 3. The fourth-order valence-electron chi connectivity index (χ4n) is 2.66.